The average molecular weight is 428 g/mol. The quantitative estimate of drug-likeness (QED) is 0.272. The summed E-state index contributed by atoms with van der Waals surface area (Å²) in [4.78, 5) is 4.10. The zero-order valence-electron chi connectivity index (χ0n) is 15.8. The molecule has 0 amide bonds. The van der Waals surface area contributed by atoms with Crippen LogP contribution in [0.1, 0.15) is 5.56 Å². The summed E-state index contributed by atoms with van der Waals surface area (Å²) in [6.07, 6.45) is -2.78. The fraction of sp³-hybridized carbons (Fsp3) is 0.368. The number of alkyl halides is 3. The molecular weight excluding hydrogens is 407 g/mol. The first-order valence-corrected chi connectivity index (χ1v) is 12.9. The number of benzene rings is 1. The number of hydrogen-bond acceptors (Lipinski definition) is 3. The minimum Gasteiger partial charge on any atom is -0.360 e. The Morgan fingerprint density at radius 2 is 1.82 bits per heavy atom. The van der Waals surface area contributed by atoms with Gasteiger partial charge in [0.15, 0.2) is 0 Å². The Morgan fingerprint density at radius 3 is 2.43 bits per heavy atom. The standard InChI is InChI=1S/C19H21ClF3N3OSi/c1-28(2,3)9-8-27-12-26-16-11-24-17(20)10-15(16)18(25-26)13-4-6-14(7-5-13)19(21,22)23/h4-7,10-11H,8-9,12H2,1-3H3. The highest BCUT2D eigenvalue weighted by atomic mass is 35.5. The minimum absolute atomic E-state index is 0.241. The second-order valence-corrected chi connectivity index (χ2v) is 13.8. The molecule has 28 heavy (non-hydrogen) atoms. The van der Waals surface area contributed by atoms with Crippen LogP contribution in [0.4, 0.5) is 13.2 Å². The Kier molecular flexibility index (Phi) is 5.83. The van der Waals surface area contributed by atoms with Crippen molar-refractivity contribution in [1.82, 2.24) is 14.8 Å². The maximum Gasteiger partial charge on any atom is 0.416 e. The van der Waals surface area contributed by atoms with Crippen LogP contribution in [0.3, 0.4) is 0 Å². The molecule has 150 valence electrons. The van der Waals surface area contributed by atoms with Crippen molar-refractivity contribution >= 4 is 30.6 Å². The van der Waals surface area contributed by atoms with E-state index in [1.807, 2.05) is 0 Å². The van der Waals surface area contributed by atoms with Crippen molar-refractivity contribution in [2.24, 2.45) is 0 Å². The molecule has 0 saturated carbocycles. The third-order valence-electron chi connectivity index (χ3n) is 4.30. The van der Waals surface area contributed by atoms with Gasteiger partial charge in [-0.3, -0.25) is 0 Å². The molecule has 0 aliphatic carbocycles. The number of fused-ring (bicyclic) bond motifs is 1. The lowest BCUT2D eigenvalue weighted by Gasteiger charge is -2.15. The molecule has 1 aromatic carbocycles. The van der Waals surface area contributed by atoms with Crippen molar-refractivity contribution in [3.8, 4) is 11.3 Å². The van der Waals surface area contributed by atoms with E-state index in [-0.39, 0.29) is 6.73 Å². The van der Waals surface area contributed by atoms with Crippen molar-refractivity contribution in [3.05, 3.63) is 47.2 Å². The molecule has 0 N–H and O–H groups in total. The van der Waals surface area contributed by atoms with Gasteiger partial charge in [-0.2, -0.15) is 18.3 Å². The van der Waals surface area contributed by atoms with Crippen molar-refractivity contribution in [2.45, 2.75) is 38.6 Å². The summed E-state index contributed by atoms with van der Waals surface area (Å²) in [7, 11) is -1.20. The first-order chi connectivity index (χ1) is 13.0. The highest BCUT2D eigenvalue weighted by Gasteiger charge is 2.30. The second-order valence-electron chi connectivity index (χ2n) is 7.80. The Bertz CT molecular complexity index is 965. The lowest BCUT2D eigenvalue weighted by molar-refractivity contribution is -0.137. The lowest BCUT2D eigenvalue weighted by atomic mass is 10.1. The van der Waals surface area contributed by atoms with Crippen LogP contribution in [-0.2, 0) is 17.6 Å². The molecule has 0 spiro atoms. The van der Waals surface area contributed by atoms with Crippen molar-refractivity contribution in [1.29, 1.82) is 0 Å². The molecule has 0 aliphatic heterocycles. The first kappa shape index (κ1) is 20.8. The third kappa shape index (κ3) is 4.92. The molecule has 0 fully saturated rings. The van der Waals surface area contributed by atoms with Crippen LogP contribution in [0.5, 0.6) is 0 Å². The molecule has 4 nitrogen and oxygen atoms in total. The molecule has 0 radical (unpaired) electrons. The number of hydrogen-bond donors (Lipinski definition) is 0. The molecule has 0 unspecified atom stereocenters. The predicted molar refractivity (Wildman–Crippen MR) is 107 cm³/mol. The van der Waals surface area contributed by atoms with Gasteiger partial charge in [-0.05, 0) is 24.2 Å². The summed E-state index contributed by atoms with van der Waals surface area (Å²) in [5.74, 6) is 0. The van der Waals surface area contributed by atoms with Crippen LogP contribution >= 0.6 is 11.6 Å². The fourth-order valence-electron chi connectivity index (χ4n) is 2.70. The molecule has 2 heterocycles. The Morgan fingerprint density at radius 1 is 1.14 bits per heavy atom. The van der Waals surface area contributed by atoms with Gasteiger partial charge in [-0.25, -0.2) is 9.67 Å². The third-order valence-corrected chi connectivity index (χ3v) is 6.21. The number of pyridine rings is 1. The average Bonchev–Trinajstić information content (AvgIpc) is 2.95. The van der Waals surface area contributed by atoms with E-state index in [2.05, 4.69) is 29.7 Å². The Balaban J connectivity index is 1.91. The van der Waals surface area contributed by atoms with Gasteiger partial charge in [0.05, 0.1) is 17.3 Å². The topological polar surface area (TPSA) is 39.9 Å². The van der Waals surface area contributed by atoms with E-state index in [0.717, 1.165) is 18.2 Å². The summed E-state index contributed by atoms with van der Waals surface area (Å²) in [6, 6.07) is 7.61. The van der Waals surface area contributed by atoms with Gasteiger partial charge in [-0.15, -0.1) is 0 Å². The van der Waals surface area contributed by atoms with Crippen LogP contribution in [-0.4, -0.2) is 29.4 Å². The van der Waals surface area contributed by atoms with E-state index in [1.54, 1.807) is 16.9 Å². The zero-order valence-corrected chi connectivity index (χ0v) is 17.6. The van der Waals surface area contributed by atoms with Crippen LogP contribution in [0.2, 0.25) is 30.8 Å². The summed E-state index contributed by atoms with van der Waals surface area (Å²) < 4.78 is 45.9. The number of rotatable bonds is 6. The molecule has 2 aromatic heterocycles. The van der Waals surface area contributed by atoms with E-state index in [1.165, 1.54) is 12.1 Å². The fourth-order valence-corrected chi connectivity index (χ4v) is 3.62. The first-order valence-electron chi connectivity index (χ1n) is 8.82. The number of nitrogens with zero attached hydrogens (tertiary/aromatic N) is 3. The minimum atomic E-state index is -4.38. The smallest absolute Gasteiger partial charge is 0.360 e. The number of aromatic nitrogens is 3. The van der Waals surface area contributed by atoms with E-state index < -0.39 is 19.8 Å². The summed E-state index contributed by atoms with van der Waals surface area (Å²) in [5.41, 5.74) is 1.13. The molecule has 0 atom stereocenters. The Labute approximate surface area is 167 Å². The molecule has 3 aromatic rings. The SMILES string of the molecule is C[Si](C)(C)CCOCn1nc(-c2ccc(C(F)(F)F)cc2)c2cc(Cl)ncc21. The second kappa shape index (κ2) is 7.85. The van der Waals surface area contributed by atoms with E-state index in [4.69, 9.17) is 16.3 Å². The maximum absolute atomic E-state index is 12.8. The van der Waals surface area contributed by atoms with Crippen LogP contribution in [0.25, 0.3) is 22.2 Å². The molecule has 9 heteroatoms. The number of halogens is 4. The van der Waals surface area contributed by atoms with Gasteiger partial charge in [0, 0.05) is 25.6 Å². The normalized spacial score (nSPS) is 12.7. The highest BCUT2D eigenvalue weighted by Crippen LogP contribution is 2.33. The van der Waals surface area contributed by atoms with Gasteiger partial charge in [0.2, 0.25) is 0 Å². The molecule has 0 aliphatic rings. The molecular formula is C19H21ClF3N3OSi. The van der Waals surface area contributed by atoms with E-state index in [9.17, 15) is 13.2 Å². The van der Waals surface area contributed by atoms with E-state index in [0.29, 0.717) is 33.9 Å². The van der Waals surface area contributed by atoms with Crippen LogP contribution < -0.4 is 0 Å². The monoisotopic (exact) mass is 427 g/mol. The largest absolute Gasteiger partial charge is 0.416 e. The Hall–Kier alpha value is -1.90. The lowest BCUT2D eigenvalue weighted by Crippen LogP contribution is -2.22. The summed E-state index contributed by atoms with van der Waals surface area (Å²) in [5, 5.41) is 5.56. The van der Waals surface area contributed by atoms with Gasteiger partial charge >= 0.3 is 6.18 Å². The maximum atomic E-state index is 12.8. The van der Waals surface area contributed by atoms with Gasteiger partial charge in [0.25, 0.3) is 0 Å². The summed E-state index contributed by atoms with van der Waals surface area (Å²) >= 11 is 6.03. The van der Waals surface area contributed by atoms with Crippen molar-refractivity contribution in [3.63, 3.8) is 0 Å². The zero-order chi connectivity index (χ0) is 20.5. The van der Waals surface area contributed by atoms with Gasteiger partial charge < -0.3 is 4.74 Å². The molecule has 3 rings (SSSR count). The highest BCUT2D eigenvalue weighted by molar-refractivity contribution is 6.76. The van der Waals surface area contributed by atoms with Crippen LogP contribution in [0, 0.1) is 0 Å². The van der Waals surface area contributed by atoms with Crippen LogP contribution in [0.15, 0.2) is 36.5 Å². The van der Waals surface area contributed by atoms with Crippen molar-refractivity contribution < 1.29 is 17.9 Å². The molecule has 0 bridgehead atoms. The summed E-state index contributed by atoms with van der Waals surface area (Å²) in [6.45, 7) is 7.69. The molecule has 0 saturated heterocycles. The van der Waals surface area contributed by atoms with Gasteiger partial charge in [0.1, 0.15) is 17.6 Å². The van der Waals surface area contributed by atoms with Gasteiger partial charge in [-0.1, -0.05) is 43.4 Å². The van der Waals surface area contributed by atoms with E-state index >= 15 is 0 Å². The van der Waals surface area contributed by atoms with Crippen molar-refractivity contribution in [2.75, 3.05) is 6.61 Å². The predicted octanol–water partition coefficient (Wildman–Crippen LogP) is 6.08. The number of ether oxygens (including phenoxy) is 1.